The Kier molecular flexibility index (Phi) is 4.97. The van der Waals surface area contributed by atoms with Crippen molar-refractivity contribution < 1.29 is 13.9 Å². The zero-order chi connectivity index (χ0) is 18.7. The minimum atomic E-state index is -0.562. The number of furan rings is 1. The van der Waals surface area contributed by atoms with Gasteiger partial charge in [0, 0.05) is 22.6 Å². The fourth-order valence-corrected chi connectivity index (χ4v) is 2.64. The smallest absolute Gasteiger partial charge is 0.266 e. The highest BCUT2D eigenvalue weighted by Crippen LogP contribution is 2.31. The molecule has 1 amide bonds. The summed E-state index contributed by atoms with van der Waals surface area (Å²) in [7, 11) is 1.48. The fourth-order valence-electron chi connectivity index (χ4n) is 2.48. The van der Waals surface area contributed by atoms with Gasteiger partial charge in [0.2, 0.25) is 0 Å². The van der Waals surface area contributed by atoms with Crippen LogP contribution in [0.15, 0.2) is 52.5 Å². The van der Waals surface area contributed by atoms with Gasteiger partial charge >= 0.3 is 0 Å². The molecule has 0 bridgehead atoms. The Hall–Kier alpha value is -3.23. The van der Waals surface area contributed by atoms with E-state index in [9.17, 15) is 10.1 Å². The molecule has 3 aromatic rings. The maximum Gasteiger partial charge on any atom is 0.266 e. The third-order valence-electron chi connectivity index (χ3n) is 3.83. The largest absolute Gasteiger partial charge is 0.495 e. The topological polar surface area (TPSA) is 75.3 Å². The average Bonchev–Trinajstić information content (AvgIpc) is 3.04. The number of nitriles is 1. The van der Waals surface area contributed by atoms with Gasteiger partial charge in [-0.15, -0.1) is 0 Å². The van der Waals surface area contributed by atoms with Crippen LogP contribution in [0.1, 0.15) is 11.3 Å². The van der Waals surface area contributed by atoms with Gasteiger partial charge in [0.15, 0.2) is 0 Å². The molecule has 0 spiro atoms. The minimum absolute atomic E-state index is 0.0845. The lowest BCUT2D eigenvalue weighted by Gasteiger charge is -2.11. The van der Waals surface area contributed by atoms with Crippen LogP contribution in [0.4, 0.5) is 5.69 Å². The SMILES string of the molecule is COc1cc(Cl)c(C)cc1NC(=O)/C(C#N)=C/c1cc2ccccc2o1. The number of hydrogen-bond acceptors (Lipinski definition) is 4. The standard InChI is InChI=1S/C20H15ClN2O3/c1-12-7-17(19(25-2)10-16(12)21)23-20(24)14(11-22)9-15-8-13-5-3-4-6-18(13)26-15/h3-10H,1-2H3,(H,23,24)/b14-9+. The van der Waals surface area contributed by atoms with Crippen molar-refractivity contribution in [1.29, 1.82) is 5.26 Å². The first-order valence-electron chi connectivity index (χ1n) is 7.77. The first kappa shape index (κ1) is 17.6. The molecule has 130 valence electrons. The molecule has 0 aliphatic rings. The molecule has 0 aliphatic carbocycles. The molecule has 0 saturated carbocycles. The van der Waals surface area contributed by atoms with Crippen molar-refractivity contribution in [3.8, 4) is 11.8 Å². The van der Waals surface area contributed by atoms with Gasteiger partial charge in [0.1, 0.15) is 28.7 Å². The molecule has 5 nitrogen and oxygen atoms in total. The van der Waals surface area contributed by atoms with Crippen LogP contribution in [0, 0.1) is 18.3 Å². The quantitative estimate of drug-likeness (QED) is 0.523. The van der Waals surface area contributed by atoms with Gasteiger partial charge in [-0.1, -0.05) is 29.8 Å². The minimum Gasteiger partial charge on any atom is -0.495 e. The Morgan fingerprint density at radius 3 is 2.77 bits per heavy atom. The number of ether oxygens (including phenoxy) is 1. The Labute approximate surface area is 155 Å². The van der Waals surface area contributed by atoms with Crippen molar-refractivity contribution in [2.45, 2.75) is 6.92 Å². The first-order chi connectivity index (χ1) is 12.5. The molecule has 0 unspecified atom stereocenters. The lowest BCUT2D eigenvalue weighted by molar-refractivity contribution is -0.112. The van der Waals surface area contributed by atoms with Crippen LogP contribution >= 0.6 is 11.6 Å². The van der Waals surface area contributed by atoms with Crippen molar-refractivity contribution in [3.63, 3.8) is 0 Å². The molecule has 1 heterocycles. The number of carbonyl (C=O) groups excluding carboxylic acids is 1. The second-order valence-corrected chi connectivity index (χ2v) is 6.02. The number of nitrogens with zero attached hydrogens (tertiary/aromatic N) is 1. The number of amides is 1. The summed E-state index contributed by atoms with van der Waals surface area (Å²) >= 11 is 6.07. The van der Waals surface area contributed by atoms with Gasteiger partial charge in [0.05, 0.1) is 12.8 Å². The second-order valence-electron chi connectivity index (χ2n) is 5.61. The van der Waals surface area contributed by atoms with Crippen LogP contribution in [0.5, 0.6) is 5.75 Å². The van der Waals surface area contributed by atoms with E-state index in [1.54, 1.807) is 18.2 Å². The zero-order valence-electron chi connectivity index (χ0n) is 14.2. The van der Waals surface area contributed by atoms with Gasteiger partial charge in [-0.05, 0) is 30.7 Å². The van der Waals surface area contributed by atoms with Gasteiger partial charge < -0.3 is 14.5 Å². The number of para-hydroxylation sites is 1. The summed E-state index contributed by atoms with van der Waals surface area (Å²) in [6, 6.07) is 14.4. The van der Waals surface area contributed by atoms with Gasteiger partial charge in [0.25, 0.3) is 5.91 Å². The summed E-state index contributed by atoms with van der Waals surface area (Å²) in [5, 5.41) is 13.5. The molecule has 2 aromatic carbocycles. The predicted octanol–water partition coefficient (Wildman–Crippen LogP) is 4.95. The van der Waals surface area contributed by atoms with Crippen LogP contribution in [0.25, 0.3) is 17.0 Å². The van der Waals surface area contributed by atoms with E-state index in [1.165, 1.54) is 13.2 Å². The number of hydrogen-bond donors (Lipinski definition) is 1. The Balaban J connectivity index is 1.90. The van der Waals surface area contributed by atoms with E-state index < -0.39 is 5.91 Å². The molecule has 0 aliphatic heterocycles. The van der Waals surface area contributed by atoms with E-state index in [0.29, 0.717) is 27.8 Å². The Bertz CT molecular complexity index is 1030. The molecule has 1 aromatic heterocycles. The van der Waals surface area contributed by atoms with Gasteiger partial charge in [-0.3, -0.25) is 4.79 Å². The third-order valence-corrected chi connectivity index (χ3v) is 4.23. The van der Waals surface area contributed by atoms with Gasteiger partial charge in [-0.2, -0.15) is 5.26 Å². The molecule has 0 atom stereocenters. The number of fused-ring (bicyclic) bond motifs is 1. The highest BCUT2D eigenvalue weighted by Gasteiger charge is 2.15. The van der Waals surface area contributed by atoms with E-state index in [0.717, 1.165) is 10.9 Å². The van der Waals surface area contributed by atoms with Crippen LogP contribution in [0.3, 0.4) is 0 Å². The van der Waals surface area contributed by atoms with Crippen molar-refractivity contribution in [2.75, 3.05) is 12.4 Å². The van der Waals surface area contributed by atoms with E-state index in [2.05, 4.69) is 5.32 Å². The predicted molar refractivity (Wildman–Crippen MR) is 101 cm³/mol. The lowest BCUT2D eigenvalue weighted by atomic mass is 10.1. The maximum atomic E-state index is 12.5. The summed E-state index contributed by atoms with van der Waals surface area (Å²) in [5.74, 6) is 0.278. The number of anilines is 1. The molecule has 0 saturated heterocycles. The molecule has 6 heteroatoms. The average molecular weight is 367 g/mol. The van der Waals surface area contributed by atoms with Crippen molar-refractivity contribution in [3.05, 3.63) is 64.4 Å². The van der Waals surface area contributed by atoms with Crippen molar-refractivity contribution in [2.24, 2.45) is 0 Å². The summed E-state index contributed by atoms with van der Waals surface area (Å²) in [6.45, 7) is 1.81. The highest BCUT2D eigenvalue weighted by molar-refractivity contribution is 6.31. The number of carbonyl (C=O) groups is 1. The summed E-state index contributed by atoms with van der Waals surface area (Å²) < 4.78 is 10.9. The van der Waals surface area contributed by atoms with E-state index >= 15 is 0 Å². The Morgan fingerprint density at radius 1 is 1.31 bits per heavy atom. The van der Waals surface area contributed by atoms with Crippen LogP contribution in [-0.4, -0.2) is 13.0 Å². The number of aryl methyl sites for hydroxylation is 1. The van der Waals surface area contributed by atoms with E-state index in [-0.39, 0.29) is 5.57 Å². The Morgan fingerprint density at radius 2 is 2.08 bits per heavy atom. The summed E-state index contributed by atoms with van der Waals surface area (Å²) in [6.07, 6.45) is 1.41. The van der Waals surface area contributed by atoms with Crippen LogP contribution < -0.4 is 10.1 Å². The molecule has 0 fully saturated rings. The lowest BCUT2D eigenvalue weighted by Crippen LogP contribution is -2.14. The molecular formula is C20H15ClN2O3. The third kappa shape index (κ3) is 3.56. The first-order valence-corrected chi connectivity index (χ1v) is 8.15. The number of rotatable bonds is 4. The molecule has 3 rings (SSSR count). The van der Waals surface area contributed by atoms with Crippen LogP contribution in [0.2, 0.25) is 5.02 Å². The van der Waals surface area contributed by atoms with Gasteiger partial charge in [-0.25, -0.2) is 0 Å². The van der Waals surface area contributed by atoms with Crippen LogP contribution in [-0.2, 0) is 4.79 Å². The zero-order valence-corrected chi connectivity index (χ0v) is 14.9. The van der Waals surface area contributed by atoms with E-state index in [4.69, 9.17) is 20.8 Å². The van der Waals surface area contributed by atoms with E-state index in [1.807, 2.05) is 37.3 Å². The second kappa shape index (κ2) is 7.34. The highest BCUT2D eigenvalue weighted by atomic mass is 35.5. The molecule has 1 N–H and O–H groups in total. The molecule has 0 radical (unpaired) electrons. The number of halogens is 1. The van der Waals surface area contributed by atoms with Crippen molar-refractivity contribution in [1.82, 2.24) is 0 Å². The van der Waals surface area contributed by atoms with Crippen molar-refractivity contribution >= 4 is 40.2 Å². The summed E-state index contributed by atoms with van der Waals surface area (Å²) in [5.41, 5.74) is 1.82. The molecule has 26 heavy (non-hydrogen) atoms. The maximum absolute atomic E-state index is 12.5. The number of methoxy groups -OCH3 is 1. The number of benzene rings is 2. The normalized spacial score (nSPS) is 11.2. The number of nitrogens with one attached hydrogen (secondary N) is 1. The monoisotopic (exact) mass is 366 g/mol. The fraction of sp³-hybridized carbons (Fsp3) is 0.100. The molecular weight excluding hydrogens is 352 g/mol. The summed E-state index contributed by atoms with van der Waals surface area (Å²) in [4.78, 5) is 12.5.